The molecule has 194 valence electrons. The van der Waals surface area contributed by atoms with Crippen molar-refractivity contribution in [2.75, 3.05) is 6.54 Å². The van der Waals surface area contributed by atoms with Crippen LogP contribution in [0.1, 0.15) is 52.0 Å². The van der Waals surface area contributed by atoms with Crippen LogP contribution < -0.4 is 21.1 Å². The topological polar surface area (TPSA) is 147 Å². The van der Waals surface area contributed by atoms with E-state index < -0.39 is 58.1 Å². The molecule has 2 aromatic rings. The minimum atomic E-state index is -4.60. The van der Waals surface area contributed by atoms with E-state index in [9.17, 15) is 36.0 Å². The van der Waals surface area contributed by atoms with Crippen molar-refractivity contribution in [3.05, 3.63) is 65.2 Å². The molecule has 5 N–H and O–H groups in total. The smallest absolute Gasteiger partial charge is 0.350 e. The Labute approximate surface area is 205 Å². The van der Waals surface area contributed by atoms with Gasteiger partial charge in [0.25, 0.3) is 11.8 Å². The summed E-state index contributed by atoms with van der Waals surface area (Å²) in [7, 11) is -3.89. The van der Waals surface area contributed by atoms with Crippen LogP contribution >= 0.6 is 0 Å². The van der Waals surface area contributed by atoms with Crippen LogP contribution in [0.25, 0.3) is 0 Å². The summed E-state index contributed by atoms with van der Waals surface area (Å²) < 4.78 is 61.3. The standard InChI is InChI=1S/C23H25F3N4O5S/c24-23(25,26)16-5-3-4-15(12-16)21(32)28-13-20(31)29-18-6-1-2-7-19(18)30-22(33)14-8-10-17(11-9-14)36(27,34)35/h3-5,8-12,18-19H,1-2,6-7,13H2,(H,28,32)(H,29,31)(H,30,33)(H2,27,34,35)/t18-,19+/m1/s1. The largest absolute Gasteiger partial charge is 0.416 e. The maximum atomic E-state index is 12.9. The Morgan fingerprint density at radius 2 is 1.50 bits per heavy atom. The van der Waals surface area contributed by atoms with Gasteiger partial charge in [-0.3, -0.25) is 14.4 Å². The molecule has 1 aliphatic carbocycles. The van der Waals surface area contributed by atoms with E-state index in [1.54, 1.807) is 0 Å². The Kier molecular flexibility index (Phi) is 8.35. The molecule has 0 saturated heterocycles. The second-order valence-electron chi connectivity index (χ2n) is 8.37. The fraction of sp³-hybridized carbons (Fsp3) is 0.348. The van der Waals surface area contributed by atoms with Gasteiger partial charge in [0.2, 0.25) is 15.9 Å². The quantitative estimate of drug-likeness (QED) is 0.435. The number of benzene rings is 2. The van der Waals surface area contributed by atoms with Crippen molar-refractivity contribution in [2.45, 2.75) is 48.8 Å². The third-order valence-corrected chi connectivity index (χ3v) is 6.66. The van der Waals surface area contributed by atoms with Gasteiger partial charge in [-0.25, -0.2) is 13.6 Å². The molecule has 0 spiro atoms. The monoisotopic (exact) mass is 526 g/mol. The van der Waals surface area contributed by atoms with Gasteiger partial charge in [-0.05, 0) is 55.3 Å². The summed E-state index contributed by atoms with van der Waals surface area (Å²) in [6, 6.07) is 8.13. The van der Waals surface area contributed by atoms with E-state index in [-0.39, 0.29) is 16.0 Å². The summed E-state index contributed by atoms with van der Waals surface area (Å²) in [4.78, 5) is 37.1. The highest BCUT2D eigenvalue weighted by atomic mass is 32.2. The summed E-state index contributed by atoms with van der Waals surface area (Å²) >= 11 is 0. The molecular formula is C23H25F3N4O5S. The van der Waals surface area contributed by atoms with Gasteiger partial charge in [-0.1, -0.05) is 18.9 Å². The number of hydrogen-bond donors (Lipinski definition) is 4. The zero-order chi connectivity index (χ0) is 26.5. The zero-order valence-corrected chi connectivity index (χ0v) is 19.8. The highest BCUT2D eigenvalue weighted by Crippen LogP contribution is 2.29. The highest BCUT2D eigenvalue weighted by molar-refractivity contribution is 7.89. The van der Waals surface area contributed by atoms with E-state index in [0.717, 1.165) is 25.0 Å². The van der Waals surface area contributed by atoms with Crippen molar-refractivity contribution < 1.29 is 36.0 Å². The van der Waals surface area contributed by atoms with Crippen molar-refractivity contribution in [3.63, 3.8) is 0 Å². The molecular weight excluding hydrogens is 501 g/mol. The molecule has 3 amide bonds. The average Bonchev–Trinajstić information content (AvgIpc) is 2.83. The molecule has 2 aromatic carbocycles. The molecule has 1 saturated carbocycles. The third-order valence-electron chi connectivity index (χ3n) is 5.74. The number of halogens is 3. The van der Waals surface area contributed by atoms with Crippen LogP contribution in [0.15, 0.2) is 53.4 Å². The van der Waals surface area contributed by atoms with Gasteiger partial charge in [0.05, 0.1) is 17.0 Å². The number of nitrogens with one attached hydrogen (secondary N) is 3. The minimum Gasteiger partial charge on any atom is -0.350 e. The van der Waals surface area contributed by atoms with E-state index in [2.05, 4.69) is 16.0 Å². The van der Waals surface area contributed by atoms with E-state index in [4.69, 9.17) is 5.14 Å². The van der Waals surface area contributed by atoms with Crippen molar-refractivity contribution in [1.82, 2.24) is 16.0 Å². The van der Waals surface area contributed by atoms with Crippen LogP contribution in [0.3, 0.4) is 0 Å². The fourth-order valence-electron chi connectivity index (χ4n) is 3.88. The van der Waals surface area contributed by atoms with Crippen molar-refractivity contribution in [3.8, 4) is 0 Å². The molecule has 13 heteroatoms. The lowest BCUT2D eigenvalue weighted by Crippen LogP contribution is -2.54. The summed E-state index contributed by atoms with van der Waals surface area (Å²) in [6.07, 6.45) is -1.83. The molecule has 0 aromatic heterocycles. The summed E-state index contributed by atoms with van der Waals surface area (Å²) in [5, 5.41) is 12.9. The normalized spacial score (nSPS) is 18.2. The molecule has 0 unspecified atom stereocenters. The maximum Gasteiger partial charge on any atom is 0.416 e. The predicted molar refractivity (Wildman–Crippen MR) is 123 cm³/mol. The zero-order valence-electron chi connectivity index (χ0n) is 19.0. The first-order valence-corrected chi connectivity index (χ1v) is 12.6. The van der Waals surface area contributed by atoms with Gasteiger partial charge in [-0.2, -0.15) is 13.2 Å². The Bertz CT molecular complexity index is 1230. The van der Waals surface area contributed by atoms with E-state index in [0.29, 0.717) is 18.9 Å². The van der Waals surface area contributed by atoms with E-state index >= 15 is 0 Å². The summed E-state index contributed by atoms with van der Waals surface area (Å²) in [6.45, 7) is -0.457. The van der Waals surface area contributed by atoms with Gasteiger partial charge >= 0.3 is 6.18 Å². The second kappa shape index (κ2) is 11.1. The Morgan fingerprint density at radius 3 is 2.08 bits per heavy atom. The predicted octanol–water partition coefficient (Wildman–Crippen LogP) is 1.94. The number of sulfonamides is 1. The van der Waals surface area contributed by atoms with Crippen LogP contribution in [-0.4, -0.2) is 44.8 Å². The average molecular weight is 527 g/mol. The van der Waals surface area contributed by atoms with Crippen LogP contribution in [0, 0.1) is 0 Å². The van der Waals surface area contributed by atoms with Gasteiger partial charge < -0.3 is 16.0 Å². The third kappa shape index (κ3) is 7.28. The molecule has 2 atom stereocenters. The van der Waals surface area contributed by atoms with Crippen LogP contribution in [0.2, 0.25) is 0 Å². The molecule has 1 aliphatic rings. The van der Waals surface area contributed by atoms with Crippen molar-refractivity contribution in [2.24, 2.45) is 5.14 Å². The first-order valence-electron chi connectivity index (χ1n) is 11.0. The SMILES string of the molecule is NS(=O)(=O)c1ccc(C(=O)N[C@H]2CCCC[C@H]2NC(=O)CNC(=O)c2cccc(C(F)(F)F)c2)cc1. The molecule has 9 nitrogen and oxygen atoms in total. The van der Waals surface area contributed by atoms with Crippen LogP contribution in [0.4, 0.5) is 13.2 Å². The molecule has 0 bridgehead atoms. The Morgan fingerprint density at radius 1 is 0.889 bits per heavy atom. The molecule has 0 heterocycles. The minimum absolute atomic E-state index is 0.131. The van der Waals surface area contributed by atoms with Crippen LogP contribution in [-0.2, 0) is 21.0 Å². The number of carbonyl (C=O) groups excluding carboxylic acids is 3. The molecule has 0 radical (unpaired) electrons. The lowest BCUT2D eigenvalue weighted by atomic mass is 9.90. The number of hydrogen-bond acceptors (Lipinski definition) is 5. The molecule has 0 aliphatic heterocycles. The molecule has 3 rings (SSSR count). The lowest BCUT2D eigenvalue weighted by Gasteiger charge is -2.33. The maximum absolute atomic E-state index is 12.9. The number of primary sulfonamides is 1. The summed E-state index contributed by atoms with van der Waals surface area (Å²) in [5.41, 5.74) is -0.986. The van der Waals surface area contributed by atoms with Gasteiger partial charge in [0.1, 0.15) is 0 Å². The number of rotatable bonds is 7. The second-order valence-corrected chi connectivity index (χ2v) is 9.93. The Hall–Kier alpha value is -3.45. The summed E-state index contributed by atoms with van der Waals surface area (Å²) in [5.74, 6) is -1.84. The number of amides is 3. The van der Waals surface area contributed by atoms with Gasteiger partial charge in [0, 0.05) is 23.2 Å². The van der Waals surface area contributed by atoms with E-state index in [1.807, 2.05) is 0 Å². The van der Waals surface area contributed by atoms with Crippen molar-refractivity contribution in [1.29, 1.82) is 0 Å². The fourth-order valence-corrected chi connectivity index (χ4v) is 4.40. The lowest BCUT2D eigenvalue weighted by molar-refractivity contribution is -0.137. The molecule has 36 heavy (non-hydrogen) atoms. The first kappa shape index (κ1) is 27.1. The number of nitrogens with two attached hydrogens (primary N) is 1. The van der Waals surface area contributed by atoms with E-state index in [1.165, 1.54) is 30.3 Å². The highest BCUT2D eigenvalue weighted by Gasteiger charge is 2.31. The number of carbonyl (C=O) groups is 3. The number of alkyl halides is 3. The van der Waals surface area contributed by atoms with Gasteiger partial charge in [0.15, 0.2) is 0 Å². The molecule has 1 fully saturated rings. The van der Waals surface area contributed by atoms with Crippen molar-refractivity contribution >= 4 is 27.7 Å². The van der Waals surface area contributed by atoms with Gasteiger partial charge in [-0.15, -0.1) is 0 Å². The van der Waals surface area contributed by atoms with Crippen LogP contribution in [0.5, 0.6) is 0 Å². The first-order chi connectivity index (χ1) is 16.8. The Balaban J connectivity index is 1.56.